The molecule has 0 spiro atoms. The number of ether oxygens (including phenoxy) is 1. The molecule has 1 saturated heterocycles. The van der Waals surface area contributed by atoms with Crippen molar-refractivity contribution >= 4 is 21.9 Å². The summed E-state index contributed by atoms with van der Waals surface area (Å²) in [6.45, 7) is 4.55. The molecule has 4 nitrogen and oxygen atoms in total. The molecule has 0 radical (unpaired) electrons. The topological polar surface area (TPSA) is 49.8 Å². The molecule has 1 N–H and O–H groups in total. The van der Waals surface area contributed by atoms with Crippen LogP contribution in [0.15, 0.2) is 22.7 Å². The summed E-state index contributed by atoms with van der Waals surface area (Å²) in [6, 6.07) is 5.49. The van der Waals surface area contributed by atoms with Crippen LogP contribution in [-0.2, 0) is 11.3 Å². The molecule has 0 aromatic heterocycles. The monoisotopic (exact) mass is 341 g/mol. The molecular weight excluding hydrogens is 322 g/mol. The average Bonchev–Trinajstić information content (AvgIpc) is 2.44. The minimum atomic E-state index is -0.334. The van der Waals surface area contributed by atoms with Gasteiger partial charge in [0, 0.05) is 17.6 Å². The van der Waals surface area contributed by atoms with Gasteiger partial charge < -0.3 is 9.84 Å². The Balaban J connectivity index is 2.05. The zero-order chi connectivity index (χ0) is 14.7. The van der Waals surface area contributed by atoms with Gasteiger partial charge in [0.15, 0.2) is 0 Å². The number of piperidine rings is 1. The number of nitrogens with zero attached hydrogens (tertiary/aromatic N) is 1. The summed E-state index contributed by atoms with van der Waals surface area (Å²) in [6.07, 6.45) is 0.760. The van der Waals surface area contributed by atoms with E-state index in [1.165, 1.54) is 7.11 Å². The van der Waals surface area contributed by atoms with Gasteiger partial charge in [-0.3, -0.25) is 4.90 Å². The lowest BCUT2D eigenvalue weighted by atomic mass is 9.95. The number of methoxy groups -OCH3 is 1. The molecule has 0 aliphatic carbocycles. The first-order valence-electron chi connectivity index (χ1n) is 6.78. The number of aliphatic hydroxyl groups excluding tert-OH is 1. The van der Waals surface area contributed by atoms with Crippen molar-refractivity contribution in [2.45, 2.75) is 26.0 Å². The maximum absolute atomic E-state index is 11.5. The number of aliphatic hydroxyl groups is 1. The highest BCUT2D eigenvalue weighted by atomic mass is 79.9. The van der Waals surface area contributed by atoms with Gasteiger partial charge in [0.2, 0.25) is 0 Å². The van der Waals surface area contributed by atoms with Gasteiger partial charge >= 0.3 is 5.97 Å². The number of hydrogen-bond acceptors (Lipinski definition) is 4. The van der Waals surface area contributed by atoms with E-state index in [-0.39, 0.29) is 12.1 Å². The predicted octanol–water partition coefficient (Wildman–Crippen LogP) is 2.44. The molecule has 1 aromatic carbocycles. The van der Waals surface area contributed by atoms with Crippen LogP contribution >= 0.6 is 15.9 Å². The molecule has 20 heavy (non-hydrogen) atoms. The Morgan fingerprint density at radius 1 is 1.55 bits per heavy atom. The van der Waals surface area contributed by atoms with Crippen LogP contribution in [0.3, 0.4) is 0 Å². The lowest BCUT2D eigenvalue weighted by Crippen LogP contribution is -2.42. The van der Waals surface area contributed by atoms with Crippen molar-refractivity contribution in [3.63, 3.8) is 0 Å². The van der Waals surface area contributed by atoms with Gasteiger partial charge in [0.25, 0.3) is 0 Å². The molecule has 2 rings (SSSR count). The molecule has 2 unspecified atom stereocenters. The van der Waals surface area contributed by atoms with Crippen LogP contribution in [0.2, 0.25) is 0 Å². The fourth-order valence-corrected chi connectivity index (χ4v) is 2.92. The highest BCUT2D eigenvalue weighted by Crippen LogP contribution is 2.24. The van der Waals surface area contributed by atoms with Crippen molar-refractivity contribution in [3.8, 4) is 0 Å². The maximum atomic E-state index is 11.5. The van der Waals surface area contributed by atoms with Gasteiger partial charge in [0.05, 0.1) is 18.8 Å². The third-order valence-electron chi connectivity index (χ3n) is 3.87. The SMILES string of the molecule is COC(=O)c1ccc(CN2CCC(C)C(O)C2)c(Br)c1. The average molecular weight is 342 g/mol. The summed E-state index contributed by atoms with van der Waals surface area (Å²) < 4.78 is 5.60. The zero-order valence-corrected chi connectivity index (χ0v) is 13.4. The minimum absolute atomic E-state index is 0.253. The first kappa shape index (κ1) is 15.5. The van der Waals surface area contributed by atoms with Crippen LogP contribution in [0.5, 0.6) is 0 Å². The molecule has 110 valence electrons. The molecule has 1 aliphatic rings. The van der Waals surface area contributed by atoms with Crippen LogP contribution < -0.4 is 0 Å². The highest BCUT2D eigenvalue weighted by Gasteiger charge is 2.24. The lowest BCUT2D eigenvalue weighted by Gasteiger charge is -2.34. The number of carbonyl (C=O) groups excluding carboxylic acids is 1. The van der Waals surface area contributed by atoms with E-state index in [0.29, 0.717) is 18.0 Å². The fraction of sp³-hybridized carbons (Fsp3) is 0.533. The maximum Gasteiger partial charge on any atom is 0.337 e. The van der Waals surface area contributed by atoms with Gasteiger partial charge in [-0.05, 0) is 36.6 Å². The van der Waals surface area contributed by atoms with Crippen molar-refractivity contribution in [1.82, 2.24) is 4.90 Å². The number of esters is 1. The van der Waals surface area contributed by atoms with Gasteiger partial charge in [-0.1, -0.05) is 28.9 Å². The largest absolute Gasteiger partial charge is 0.465 e. The molecule has 0 amide bonds. The number of carbonyl (C=O) groups is 1. The standard InChI is InChI=1S/C15H20BrNO3/c1-10-5-6-17(9-14(10)18)8-12-4-3-11(7-13(12)16)15(19)20-2/h3-4,7,10,14,18H,5-6,8-9H2,1-2H3. The third-order valence-corrected chi connectivity index (χ3v) is 4.61. The Bertz CT molecular complexity index is 492. The third kappa shape index (κ3) is 3.59. The Kier molecular flexibility index (Phi) is 5.18. The smallest absolute Gasteiger partial charge is 0.337 e. The Morgan fingerprint density at radius 2 is 2.30 bits per heavy atom. The summed E-state index contributed by atoms with van der Waals surface area (Å²) in [5, 5.41) is 9.93. The van der Waals surface area contributed by atoms with E-state index in [2.05, 4.69) is 27.8 Å². The predicted molar refractivity (Wildman–Crippen MR) is 80.5 cm³/mol. The highest BCUT2D eigenvalue weighted by molar-refractivity contribution is 9.10. The fourth-order valence-electron chi connectivity index (χ4n) is 2.42. The second kappa shape index (κ2) is 6.70. The molecule has 5 heteroatoms. The molecule has 1 aromatic rings. The van der Waals surface area contributed by atoms with E-state index in [4.69, 9.17) is 4.74 Å². The lowest BCUT2D eigenvalue weighted by molar-refractivity contribution is 0.0258. The number of benzene rings is 1. The molecule has 0 bridgehead atoms. The summed E-state index contributed by atoms with van der Waals surface area (Å²) in [5.41, 5.74) is 1.65. The van der Waals surface area contributed by atoms with E-state index >= 15 is 0 Å². The second-order valence-corrected chi connectivity index (χ2v) is 6.22. The van der Waals surface area contributed by atoms with E-state index in [9.17, 15) is 9.90 Å². The Hall–Kier alpha value is -0.910. The van der Waals surface area contributed by atoms with Crippen molar-refractivity contribution in [1.29, 1.82) is 0 Å². The van der Waals surface area contributed by atoms with Crippen LogP contribution in [-0.4, -0.2) is 42.3 Å². The summed E-state index contributed by atoms with van der Waals surface area (Å²) in [5.74, 6) is 0.0378. The Labute approximate surface area is 127 Å². The van der Waals surface area contributed by atoms with Crippen LogP contribution in [0.4, 0.5) is 0 Å². The number of halogens is 1. The van der Waals surface area contributed by atoms with Crippen LogP contribution in [0, 0.1) is 5.92 Å². The van der Waals surface area contributed by atoms with Crippen molar-refractivity contribution in [2.75, 3.05) is 20.2 Å². The van der Waals surface area contributed by atoms with Crippen molar-refractivity contribution < 1.29 is 14.6 Å². The summed E-state index contributed by atoms with van der Waals surface area (Å²) in [4.78, 5) is 13.7. The van der Waals surface area contributed by atoms with Gasteiger partial charge in [-0.25, -0.2) is 4.79 Å². The first-order chi connectivity index (χ1) is 9.51. The normalized spacial score (nSPS) is 23.6. The first-order valence-corrected chi connectivity index (χ1v) is 7.57. The number of likely N-dealkylation sites (tertiary alicyclic amines) is 1. The van der Waals surface area contributed by atoms with Crippen molar-refractivity contribution in [2.24, 2.45) is 5.92 Å². The number of β-amino-alcohol motifs (C(OH)–C–C–N with tert-alkyl or cyclic N) is 1. The number of rotatable bonds is 3. The molecule has 1 aliphatic heterocycles. The van der Waals surface area contributed by atoms with Crippen molar-refractivity contribution in [3.05, 3.63) is 33.8 Å². The molecular formula is C15H20BrNO3. The minimum Gasteiger partial charge on any atom is -0.465 e. The van der Waals surface area contributed by atoms with Crippen LogP contribution in [0.1, 0.15) is 29.3 Å². The van der Waals surface area contributed by atoms with E-state index < -0.39 is 0 Å². The van der Waals surface area contributed by atoms with Gasteiger partial charge in [-0.15, -0.1) is 0 Å². The van der Waals surface area contributed by atoms with E-state index in [0.717, 1.165) is 29.5 Å². The second-order valence-electron chi connectivity index (χ2n) is 5.37. The zero-order valence-electron chi connectivity index (χ0n) is 11.8. The molecule has 2 atom stereocenters. The molecule has 1 fully saturated rings. The van der Waals surface area contributed by atoms with Gasteiger partial charge in [0.1, 0.15) is 0 Å². The van der Waals surface area contributed by atoms with E-state index in [1.807, 2.05) is 6.07 Å². The quantitative estimate of drug-likeness (QED) is 0.858. The summed E-state index contributed by atoms with van der Waals surface area (Å²) in [7, 11) is 1.38. The van der Waals surface area contributed by atoms with Crippen LogP contribution in [0.25, 0.3) is 0 Å². The molecule has 0 saturated carbocycles. The number of hydrogen-bond donors (Lipinski definition) is 1. The van der Waals surface area contributed by atoms with E-state index in [1.54, 1.807) is 12.1 Å². The summed E-state index contributed by atoms with van der Waals surface area (Å²) >= 11 is 3.50. The van der Waals surface area contributed by atoms with Gasteiger partial charge in [-0.2, -0.15) is 0 Å². The molecule has 1 heterocycles. The Morgan fingerprint density at radius 3 is 2.90 bits per heavy atom.